The van der Waals surface area contributed by atoms with Crippen LogP contribution in [0.2, 0.25) is 0 Å². The number of carbonyl (C=O) groups is 2. The number of esters is 1. The first kappa shape index (κ1) is 34.0. The quantitative estimate of drug-likeness (QED) is 0.0811. The van der Waals surface area contributed by atoms with Gasteiger partial charge in [0.25, 0.3) is 5.88 Å². The topological polar surface area (TPSA) is 99.6 Å². The van der Waals surface area contributed by atoms with E-state index >= 15 is 0 Å². The molecule has 1 N–H and O–H groups in total. The second-order valence-corrected chi connectivity index (χ2v) is 12.5. The van der Waals surface area contributed by atoms with E-state index in [1.165, 1.54) is 24.6 Å². The molecule has 0 spiro atoms. The van der Waals surface area contributed by atoms with E-state index in [2.05, 4.69) is 34.1 Å². The minimum absolute atomic E-state index is 0.111. The second kappa shape index (κ2) is 18.3. The molecular formula is C30H52N4O5S. The summed E-state index contributed by atoms with van der Waals surface area (Å²) in [6.07, 6.45) is 15.0. The number of quaternary nitrogens is 1. The lowest BCUT2D eigenvalue weighted by molar-refractivity contribution is -0.887. The number of aromatic nitrogens is 2. The second-order valence-electron chi connectivity index (χ2n) is 12.0. The smallest absolute Gasteiger partial charge is 0.379 e. The third kappa shape index (κ3) is 14.4. The Balaban J connectivity index is 1.56. The fraction of sp³-hybridized carbons (Fsp3) is 0.767. The van der Waals surface area contributed by atoms with Crippen molar-refractivity contribution < 1.29 is 28.3 Å². The SMILES string of the molecule is CCCCCCOc1nsnc1C1=CCC[N+](C)([CH-]OC(=O)NCCCCCCCCCC(=O)OC(C)(C)C)C1. The van der Waals surface area contributed by atoms with E-state index in [0.29, 0.717) is 36.5 Å². The molecule has 1 aliphatic rings. The van der Waals surface area contributed by atoms with Crippen LogP contribution in [-0.4, -0.2) is 64.2 Å². The fourth-order valence-electron chi connectivity index (χ4n) is 4.57. The summed E-state index contributed by atoms with van der Waals surface area (Å²) in [7, 11) is 2.05. The minimum Gasteiger partial charge on any atom is -0.565 e. The van der Waals surface area contributed by atoms with Gasteiger partial charge >= 0.3 is 12.1 Å². The van der Waals surface area contributed by atoms with E-state index in [0.717, 1.165) is 82.0 Å². The van der Waals surface area contributed by atoms with Crippen molar-refractivity contribution >= 4 is 29.4 Å². The zero-order valence-corrected chi connectivity index (χ0v) is 26.3. The van der Waals surface area contributed by atoms with E-state index in [-0.39, 0.29) is 5.97 Å². The first-order valence-electron chi connectivity index (χ1n) is 15.1. The van der Waals surface area contributed by atoms with Crippen LogP contribution in [0.3, 0.4) is 0 Å². The Morgan fingerprint density at radius 2 is 1.73 bits per heavy atom. The van der Waals surface area contributed by atoms with Crippen LogP contribution in [0, 0.1) is 6.73 Å². The van der Waals surface area contributed by atoms with Crippen molar-refractivity contribution in [2.24, 2.45) is 0 Å². The molecule has 228 valence electrons. The van der Waals surface area contributed by atoms with E-state index in [1.807, 2.05) is 20.8 Å². The molecule has 2 rings (SSSR count). The van der Waals surface area contributed by atoms with Crippen molar-refractivity contribution in [1.29, 1.82) is 0 Å². The molecule has 1 aromatic rings. The summed E-state index contributed by atoms with van der Waals surface area (Å²) in [6, 6.07) is 0. The van der Waals surface area contributed by atoms with Gasteiger partial charge in [-0.3, -0.25) is 4.79 Å². The Hall–Kier alpha value is -2.20. The van der Waals surface area contributed by atoms with E-state index < -0.39 is 11.7 Å². The van der Waals surface area contributed by atoms with Gasteiger partial charge in [0.2, 0.25) is 0 Å². The van der Waals surface area contributed by atoms with Gasteiger partial charge in [-0.05, 0) is 40.0 Å². The molecule has 0 bridgehead atoms. The van der Waals surface area contributed by atoms with Gasteiger partial charge in [-0.1, -0.05) is 64.4 Å². The van der Waals surface area contributed by atoms with Crippen molar-refractivity contribution in [2.45, 2.75) is 117 Å². The van der Waals surface area contributed by atoms with Crippen LogP contribution in [0.15, 0.2) is 6.08 Å². The zero-order valence-electron chi connectivity index (χ0n) is 25.5. The van der Waals surface area contributed by atoms with Crippen LogP contribution < -0.4 is 10.1 Å². The molecular weight excluding hydrogens is 528 g/mol. The summed E-state index contributed by atoms with van der Waals surface area (Å²) in [6.45, 7) is 12.3. The average molecular weight is 581 g/mol. The predicted octanol–water partition coefficient (Wildman–Crippen LogP) is 7.04. The molecule has 10 heteroatoms. The number of alkyl carbamates (subject to hydrolysis) is 1. The molecule has 0 fully saturated rings. The zero-order chi connectivity index (χ0) is 29.3. The van der Waals surface area contributed by atoms with Crippen LogP contribution in [0.5, 0.6) is 5.88 Å². The Morgan fingerprint density at radius 1 is 1.02 bits per heavy atom. The molecule has 0 aliphatic carbocycles. The standard InChI is InChI=1S/C30H52N4O5S/c1-6-7-8-16-22-37-28-27(32-40-33-28)25-18-17-21-34(5,23-25)24-38-29(36)31-20-15-13-11-9-10-12-14-19-26(35)39-30(2,3)4/h18,24H,6-17,19-23H2,1-5H3,(H,31,36). The lowest BCUT2D eigenvalue weighted by atomic mass is 10.1. The van der Waals surface area contributed by atoms with Gasteiger partial charge in [-0.15, -0.1) is 4.37 Å². The highest BCUT2D eigenvalue weighted by Crippen LogP contribution is 2.30. The number of hydrogen-bond donors (Lipinski definition) is 1. The fourth-order valence-corrected chi connectivity index (χ4v) is 5.11. The van der Waals surface area contributed by atoms with Crippen molar-refractivity contribution in [3.05, 3.63) is 18.5 Å². The van der Waals surface area contributed by atoms with E-state index in [9.17, 15) is 9.59 Å². The number of nitrogens with one attached hydrogen (secondary N) is 1. The van der Waals surface area contributed by atoms with Gasteiger partial charge in [0.1, 0.15) is 11.3 Å². The molecule has 0 saturated carbocycles. The maximum absolute atomic E-state index is 12.3. The molecule has 40 heavy (non-hydrogen) atoms. The van der Waals surface area contributed by atoms with Crippen LogP contribution in [0.1, 0.15) is 117 Å². The Kier molecular flexibility index (Phi) is 15.5. The molecule has 1 aliphatic heterocycles. The van der Waals surface area contributed by atoms with Crippen LogP contribution in [-0.2, 0) is 14.3 Å². The molecule has 1 aromatic heterocycles. The average Bonchev–Trinajstić information content (AvgIpc) is 3.36. The summed E-state index contributed by atoms with van der Waals surface area (Å²) >= 11 is 1.17. The van der Waals surface area contributed by atoms with Crippen LogP contribution in [0.4, 0.5) is 4.79 Å². The third-order valence-electron chi connectivity index (χ3n) is 6.72. The van der Waals surface area contributed by atoms with Crippen LogP contribution >= 0.6 is 11.7 Å². The van der Waals surface area contributed by atoms with Crippen molar-refractivity contribution in [3.8, 4) is 5.88 Å². The number of hydrogen-bond acceptors (Lipinski definition) is 8. The summed E-state index contributed by atoms with van der Waals surface area (Å²) < 4.78 is 26.1. The molecule has 1 unspecified atom stereocenters. The van der Waals surface area contributed by atoms with Gasteiger partial charge in [-0.2, -0.15) is 4.37 Å². The number of likely N-dealkylation sites (N-methyl/N-ethyl adjacent to an activating group) is 1. The first-order valence-corrected chi connectivity index (χ1v) is 15.8. The normalized spacial score (nSPS) is 17.3. The van der Waals surface area contributed by atoms with Gasteiger partial charge in [0.15, 0.2) is 0 Å². The molecule has 1 amide bonds. The molecule has 2 heterocycles. The number of unbranched alkanes of at least 4 members (excludes halogenated alkanes) is 9. The first-order chi connectivity index (χ1) is 19.1. The predicted molar refractivity (Wildman–Crippen MR) is 160 cm³/mol. The highest BCUT2D eigenvalue weighted by atomic mass is 32.1. The van der Waals surface area contributed by atoms with Crippen molar-refractivity contribution in [2.75, 3.05) is 33.3 Å². The highest BCUT2D eigenvalue weighted by molar-refractivity contribution is 6.99. The monoisotopic (exact) mass is 580 g/mol. The van der Waals surface area contributed by atoms with Crippen molar-refractivity contribution in [3.63, 3.8) is 0 Å². The van der Waals surface area contributed by atoms with Gasteiger partial charge < -0.3 is 24.0 Å². The maximum Gasteiger partial charge on any atom is 0.379 e. The molecule has 9 nitrogen and oxygen atoms in total. The Morgan fingerprint density at radius 3 is 2.45 bits per heavy atom. The number of amides is 1. The Labute approximate surface area is 245 Å². The molecule has 0 aromatic carbocycles. The summed E-state index contributed by atoms with van der Waals surface area (Å²) in [5.41, 5.74) is 1.48. The molecule has 0 saturated heterocycles. The Bertz CT molecular complexity index is 914. The van der Waals surface area contributed by atoms with Crippen LogP contribution in [0.25, 0.3) is 5.57 Å². The van der Waals surface area contributed by atoms with E-state index in [4.69, 9.17) is 14.2 Å². The van der Waals surface area contributed by atoms with Crippen molar-refractivity contribution in [1.82, 2.24) is 14.1 Å². The lowest BCUT2D eigenvalue weighted by Crippen LogP contribution is -2.47. The van der Waals surface area contributed by atoms with E-state index in [1.54, 1.807) is 6.73 Å². The summed E-state index contributed by atoms with van der Waals surface area (Å²) in [5.74, 6) is 0.501. The number of rotatable bonds is 19. The van der Waals surface area contributed by atoms with Gasteiger partial charge in [0, 0.05) is 38.7 Å². The molecule has 0 radical (unpaired) electrons. The van der Waals surface area contributed by atoms with Gasteiger partial charge in [0.05, 0.1) is 31.4 Å². The number of ether oxygens (including phenoxy) is 3. The largest absolute Gasteiger partial charge is 0.565 e. The molecule has 1 atom stereocenters. The highest BCUT2D eigenvalue weighted by Gasteiger charge is 2.26. The maximum atomic E-state index is 12.3. The minimum atomic E-state index is -0.413. The number of nitrogens with zero attached hydrogens (tertiary/aromatic N) is 3. The summed E-state index contributed by atoms with van der Waals surface area (Å²) in [4.78, 5) is 24.0. The lowest BCUT2D eigenvalue weighted by Gasteiger charge is -2.45. The summed E-state index contributed by atoms with van der Waals surface area (Å²) in [5, 5.41) is 2.86. The third-order valence-corrected chi connectivity index (χ3v) is 7.23. The van der Waals surface area contributed by atoms with Gasteiger partial charge in [-0.25, -0.2) is 4.79 Å². The number of carbonyl (C=O) groups excluding carboxylic acids is 2.